The van der Waals surface area contributed by atoms with Crippen molar-refractivity contribution < 1.29 is 12.8 Å². The van der Waals surface area contributed by atoms with Crippen molar-refractivity contribution in [3.63, 3.8) is 0 Å². The fourth-order valence-electron chi connectivity index (χ4n) is 2.18. The summed E-state index contributed by atoms with van der Waals surface area (Å²) in [5, 5.41) is 0.316. The summed E-state index contributed by atoms with van der Waals surface area (Å²) in [6.07, 6.45) is 0.907. The van der Waals surface area contributed by atoms with E-state index in [0.29, 0.717) is 11.0 Å². The highest BCUT2D eigenvalue weighted by Crippen LogP contribution is 2.35. The third kappa shape index (κ3) is 3.99. The van der Waals surface area contributed by atoms with E-state index in [2.05, 4.69) is 20.9 Å². The molecule has 0 aliphatic rings. The average molecular weight is 438 g/mol. The third-order valence-electron chi connectivity index (χ3n) is 3.40. The summed E-state index contributed by atoms with van der Waals surface area (Å²) in [4.78, 5) is 4.51. The van der Waals surface area contributed by atoms with Crippen LogP contribution >= 0.6 is 27.7 Å². The van der Waals surface area contributed by atoms with Crippen molar-refractivity contribution in [2.45, 2.75) is 28.4 Å². The van der Waals surface area contributed by atoms with Crippen LogP contribution in [0.15, 0.2) is 78.5 Å². The highest BCUT2D eigenvalue weighted by molar-refractivity contribution is 9.10. The minimum absolute atomic E-state index is 0.0212. The van der Waals surface area contributed by atoms with Gasteiger partial charge >= 0.3 is 0 Å². The molecule has 3 rings (SSSR count). The van der Waals surface area contributed by atoms with Crippen LogP contribution in [0.4, 0.5) is 0 Å². The fourth-order valence-corrected chi connectivity index (χ4v) is 4.83. The summed E-state index contributed by atoms with van der Waals surface area (Å²) >= 11 is 4.69. The topological polar surface area (TPSA) is 60.2 Å². The second-order valence-corrected chi connectivity index (χ2v) is 9.13. The molecule has 0 atom stereocenters. The Morgan fingerprint density at radius 1 is 1.08 bits per heavy atom. The van der Waals surface area contributed by atoms with E-state index in [0.717, 1.165) is 22.2 Å². The Balaban J connectivity index is 2.10. The summed E-state index contributed by atoms with van der Waals surface area (Å²) in [5.74, 6) is 1.07. The molecule has 1 heterocycles. The molecule has 2 aromatic carbocycles. The molecule has 0 unspecified atom stereocenters. The lowest BCUT2D eigenvalue weighted by Crippen LogP contribution is -2.04. The summed E-state index contributed by atoms with van der Waals surface area (Å²) < 4.78 is 32.7. The average Bonchev–Trinajstić information content (AvgIpc) is 3.06. The van der Waals surface area contributed by atoms with E-state index in [1.165, 1.54) is 11.8 Å². The van der Waals surface area contributed by atoms with Gasteiger partial charge in [0.05, 0.1) is 4.90 Å². The summed E-state index contributed by atoms with van der Waals surface area (Å²) in [6.45, 7) is 2.03. The number of benzene rings is 2. The van der Waals surface area contributed by atoms with Crippen LogP contribution < -0.4 is 0 Å². The molecule has 25 heavy (non-hydrogen) atoms. The summed E-state index contributed by atoms with van der Waals surface area (Å²) in [7, 11) is -3.75. The van der Waals surface area contributed by atoms with Gasteiger partial charge in [-0.25, -0.2) is 8.42 Å². The van der Waals surface area contributed by atoms with Crippen molar-refractivity contribution in [2.75, 3.05) is 5.75 Å². The van der Waals surface area contributed by atoms with Crippen LogP contribution in [-0.4, -0.2) is 19.2 Å². The van der Waals surface area contributed by atoms with Gasteiger partial charge in [-0.2, -0.15) is 4.98 Å². The molecule has 3 aromatic rings. The zero-order valence-corrected chi connectivity index (χ0v) is 16.7. The first-order valence-electron chi connectivity index (χ1n) is 7.72. The van der Waals surface area contributed by atoms with Crippen molar-refractivity contribution in [3.8, 4) is 11.5 Å². The lowest BCUT2D eigenvalue weighted by Gasteiger charge is -2.03. The molecule has 0 saturated heterocycles. The van der Waals surface area contributed by atoms with E-state index >= 15 is 0 Å². The Bertz CT molecular complexity index is 952. The van der Waals surface area contributed by atoms with Gasteiger partial charge in [0.1, 0.15) is 0 Å². The first-order valence-corrected chi connectivity index (χ1v) is 11.0. The fraction of sp³-hybridized carbons (Fsp3) is 0.167. The maximum absolute atomic E-state index is 13.0. The highest BCUT2D eigenvalue weighted by atomic mass is 79.9. The number of sulfone groups is 1. The third-order valence-corrected chi connectivity index (χ3v) is 6.89. The Morgan fingerprint density at radius 3 is 2.40 bits per heavy atom. The maximum Gasteiger partial charge on any atom is 0.228 e. The highest BCUT2D eigenvalue weighted by Gasteiger charge is 2.28. The molecule has 0 N–H and O–H groups in total. The molecular formula is C18H16BrNO3S2. The predicted octanol–water partition coefficient (Wildman–Crippen LogP) is 5.44. The molecule has 0 bridgehead atoms. The molecule has 0 spiro atoms. The van der Waals surface area contributed by atoms with Crippen LogP contribution in [0.2, 0.25) is 0 Å². The smallest absolute Gasteiger partial charge is 0.228 e. The molecule has 0 fully saturated rings. The zero-order valence-electron chi connectivity index (χ0n) is 13.5. The van der Waals surface area contributed by atoms with E-state index in [4.69, 9.17) is 4.42 Å². The van der Waals surface area contributed by atoms with Crippen LogP contribution in [0, 0.1) is 0 Å². The summed E-state index contributed by atoms with van der Waals surface area (Å²) in [5.41, 5.74) is 0.748. The van der Waals surface area contributed by atoms with Crippen molar-refractivity contribution >= 4 is 37.5 Å². The first-order chi connectivity index (χ1) is 12.0. The SMILES string of the molecule is CCCSc1oc(-c2ccccc2)nc1S(=O)(=O)c1ccc(Br)cc1. The standard InChI is InChI=1S/C18H16BrNO3S2/c1-2-12-24-18-17(20-16(23-18)13-6-4-3-5-7-13)25(21,22)15-10-8-14(19)9-11-15/h3-11H,2,12H2,1H3. The molecular weight excluding hydrogens is 422 g/mol. The number of nitrogens with zero attached hydrogens (tertiary/aromatic N) is 1. The second kappa shape index (κ2) is 7.76. The molecule has 0 aliphatic heterocycles. The lowest BCUT2D eigenvalue weighted by atomic mass is 10.2. The van der Waals surface area contributed by atoms with E-state index < -0.39 is 9.84 Å². The van der Waals surface area contributed by atoms with Gasteiger partial charge < -0.3 is 4.42 Å². The van der Waals surface area contributed by atoms with Gasteiger partial charge in [0, 0.05) is 15.8 Å². The Hall–Kier alpha value is -1.57. The van der Waals surface area contributed by atoms with Crippen LogP contribution in [0.1, 0.15) is 13.3 Å². The number of aromatic nitrogens is 1. The van der Waals surface area contributed by atoms with Gasteiger partial charge in [-0.3, -0.25) is 0 Å². The van der Waals surface area contributed by atoms with Gasteiger partial charge in [-0.1, -0.05) is 52.8 Å². The number of hydrogen-bond acceptors (Lipinski definition) is 5. The Labute approximate surface area is 159 Å². The quantitative estimate of drug-likeness (QED) is 0.480. The Kier molecular flexibility index (Phi) is 5.66. The van der Waals surface area contributed by atoms with E-state index in [1.807, 2.05) is 37.3 Å². The molecule has 7 heteroatoms. The number of rotatable bonds is 6. The maximum atomic E-state index is 13.0. The van der Waals surface area contributed by atoms with Crippen molar-refractivity contribution in [1.82, 2.24) is 4.98 Å². The van der Waals surface area contributed by atoms with E-state index in [-0.39, 0.29) is 9.92 Å². The van der Waals surface area contributed by atoms with Gasteiger partial charge in [-0.05, 0) is 42.8 Å². The van der Waals surface area contributed by atoms with Crippen molar-refractivity contribution in [3.05, 3.63) is 59.1 Å². The van der Waals surface area contributed by atoms with Crippen LogP contribution in [0.3, 0.4) is 0 Å². The minimum atomic E-state index is -3.75. The van der Waals surface area contributed by atoms with Gasteiger partial charge in [-0.15, -0.1) is 0 Å². The number of oxazole rings is 1. The molecule has 4 nitrogen and oxygen atoms in total. The predicted molar refractivity (Wildman–Crippen MR) is 103 cm³/mol. The van der Waals surface area contributed by atoms with Crippen LogP contribution in [0.5, 0.6) is 0 Å². The lowest BCUT2D eigenvalue weighted by molar-refractivity contribution is 0.470. The molecule has 130 valence electrons. The van der Waals surface area contributed by atoms with Gasteiger partial charge in [0.25, 0.3) is 0 Å². The molecule has 0 aliphatic carbocycles. The second-order valence-electron chi connectivity index (χ2n) is 5.28. The summed E-state index contributed by atoms with van der Waals surface area (Å²) in [6, 6.07) is 15.8. The van der Waals surface area contributed by atoms with Crippen molar-refractivity contribution in [2.24, 2.45) is 0 Å². The van der Waals surface area contributed by atoms with Crippen molar-refractivity contribution in [1.29, 1.82) is 0 Å². The number of halogens is 1. The van der Waals surface area contributed by atoms with Gasteiger partial charge in [0.2, 0.25) is 25.8 Å². The largest absolute Gasteiger partial charge is 0.428 e. The molecule has 0 radical (unpaired) electrons. The van der Waals surface area contributed by atoms with E-state index in [9.17, 15) is 8.42 Å². The first kappa shape index (κ1) is 18.2. The Morgan fingerprint density at radius 2 is 1.76 bits per heavy atom. The molecule has 1 aromatic heterocycles. The molecule has 0 saturated carbocycles. The van der Waals surface area contributed by atoms with Crippen LogP contribution in [-0.2, 0) is 9.84 Å². The number of thioether (sulfide) groups is 1. The van der Waals surface area contributed by atoms with E-state index in [1.54, 1.807) is 24.3 Å². The minimum Gasteiger partial charge on any atom is -0.428 e. The number of hydrogen-bond donors (Lipinski definition) is 0. The zero-order chi connectivity index (χ0) is 17.9. The molecule has 0 amide bonds. The van der Waals surface area contributed by atoms with Gasteiger partial charge in [0.15, 0.2) is 0 Å². The monoisotopic (exact) mass is 437 g/mol. The normalized spacial score (nSPS) is 11.6. The van der Waals surface area contributed by atoms with Crippen LogP contribution in [0.25, 0.3) is 11.5 Å².